The van der Waals surface area contributed by atoms with Gasteiger partial charge in [0.05, 0.1) is 5.60 Å². The van der Waals surface area contributed by atoms with Crippen LogP contribution < -0.4 is 5.73 Å². The van der Waals surface area contributed by atoms with E-state index < -0.39 is 0 Å². The lowest BCUT2D eigenvalue weighted by atomic mass is 9.80. The summed E-state index contributed by atoms with van der Waals surface area (Å²) in [5.41, 5.74) is 6.17. The zero-order valence-corrected chi connectivity index (χ0v) is 9.88. The highest BCUT2D eigenvalue weighted by atomic mass is 16.5. The summed E-state index contributed by atoms with van der Waals surface area (Å²) in [6.45, 7) is 4.24. The standard InChI is InChI=1S/C12H25NO/c1-12(2,14-3)9-11(13)10-7-5-4-6-8-10/h10-11H,4-9,13H2,1-3H3. The molecule has 1 atom stereocenters. The second-order valence-electron chi connectivity index (χ2n) is 5.23. The molecule has 0 bridgehead atoms. The maximum Gasteiger partial charge on any atom is 0.0637 e. The highest BCUT2D eigenvalue weighted by Crippen LogP contribution is 2.29. The number of hydrogen-bond acceptors (Lipinski definition) is 2. The summed E-state index contributed by atoms with van der Waals surface area (Å²) in [6, 6.07) is 0.324. The normalized spacial score (nSPS) is 22.3. The molecular formula is C12H25NO. The Morgan fingerprint density at radius 2 is 1.86 bits per heavy atom. The smallest absolute Gasteiger partial charge is 0.0637 e. The summed E-state index contributed by atoms with van der Waals surface area (Å²) in [5.74, 6) is 0.734. The third kappa shape index (κ3) is 3.58. The first-order valence-corrected chi connectivity index (χ1v) is 5.86. The third-order valence-electron chi connectivity index (χ3n) is 3.54. The molecule has 0 amide bonds. The third-order valence-corrected chi connectivity index (χ3v) is 3.54. The maximum atomic E-state index is 6.23. The van der Waals surface area contributed by atoms with Crippen molar-refractivity contribution in [1.29, 1.82) is 0 Å². The molecule has 14 heavy (non-hydrogen) atoms. The van der Waals surface area contributed by atoms with Crippen LogP contribution in [0.25, 0.3) is 0 Å². The van der Waals surface area contributed by atoms with Gasteiger partial charge in [0.2, 0.25) is 0 Å². The molecule has 0 aliphatic heterocycles. The Kier molecular flexibility index (Phi) is 4.39. The number of methoxy groups -OCH3 is 1. The Hall–Kier alpha value is -0.0800. The first kappa shape index (κ1) is 12.0. The molecule has 1 aliphatic rings. The number of rotatable bonds is 4. The summed E-state index contributed by atoms with van der Waals surface area (Å²) in [6.07, 6.45) is 7.75. The van der Waals surface area contributed by atoms with Crippen molar-refractivity contribution in [2.24, 2.45) is 11.7 Å². The first-order chi connectivity index (χ1) is 6.55. The van der Waals surface area contributed by atoms with Gasteiger partial charge in [0.15, 0.2) is 0 Å². The van der Waals surface area contributed by atoms with Gasteiger partial charge >= 0.3 is 0 Å². The van der Waals surface area contributed by atoms with Gasteiger partial charge in [-0.15, -0.1) is 0 Å². The Morgan fingerprint density at radius 1 is 1.29 bits per heavy atom. The number of hydrogen-bond donors (Lipinski definition) is 1. The van der Waals surface area contributed by atoms with Crippen molar-refractivity contribution in [3.63, 3.8) is 0 Å². The van der Waals surface area contributed by atoms with Crippen molar-refractivity contribution in [1.82, 2.24) is 0 Å². The minimum atomic E-state index is -0.0587. The number of ether oxygens (including phenoxy) is 1. The van der Waals surface area contributed by atoms with Gasteiger partial charge in [-0.25, -0.2) is 0 Å². The van der Waals surface area contributed by atoms with Crippen molar-refractivity contribution in [3.05, 3.63) is 0 Å². The van der Waals surface area contributed by atoms with Crippen LogP contribution in [0.4, 0.5) is 0 Å². The molecular weight excluding hydrogens is 174 g/mol. The van der Waals surface area contributed by atoms with Crippen molar-refractivity contribution in [2.75, 3.05) is 7.11 Å². The summed E-state index contributed by atoms with van der Waals surface area (Å²) in [5, 5.41) is 0. The van der Waals surface area contributed by atoms with Crippen LogP contribution in [0.3, 0.4) is 0 Å². The number of nitrogens with two attached hydrogens (primary N) is 1. The van der Waals surface area contributed by atoms with E-state index in [1.807, 2.05) is 0 Å². The molecule has 2 nitrogen and oxygen atoms in total. The van der Waals surface area contributed by atoms with Gasteiger partial charge in [0.25, 0.3) is 0 Å². The predicted octanol–water partition coefficient (Wildman–Crippen LogP) is 2.71. The largest absolute Gasteiger partial charge is 0.379 e. The summed E-state index contributed by atoms with van der Waals surface area (Å²) in [4.78, 5) is 0. The molecule has 1 unspecified atom stereocenters. The van der Waals surface area contributed by atoms with Gasteiger partial charge in [0, 0.05) is 13.2 Å². The molecule has 1 fully saturated rings. The van der Waals surface area contributed by atoms with Crippen LogP contribution in [0.2, 0.25) is 0 Å². The lowest BCUT2D eigenvalue weighted by Gasteiger charge is -2.33. The molecule has 0 aromatic rings. The van der Waals surface area contributed by atoms with E-state index >= 15 is 0 Å². The molecule has 1 rings (SSSR count). The zero-order valence-electron chi connectivity index (χ0n) is 9.88. The fourth-order valence-electron chi connectivity index (χ4n) is 2.38. The lowest BCUT2D eigenvalue weighted by molar-refractivity contribution is 0.00379. The quantitative estimate of drug-likeness (QED) is 0.755. The Balaban J connectivity index is 2.36. The predicted molar refractivity (Wildman–Crippen MR) is 60.3 cm³/mol. The zero-order chi connectivity index (χ0) is 10.6. The second-order valence-corrected chi connectivity index (χ2v) is 5.23. The van der Waals surface area contributed by atoms with Gasteiger partial charge in [-0.1, -0.05) is 19.3 Å². The van der Waals surface area contributed by atoms with Crippen molar-refractivity contribution in [3.8, 4) is 0 Å². The molecule has 0 aromatic heterocycles. The van der Waals surface area contributed by atoms with E-state index in [0.717, 1.165) is 12.3 Å². The van der Waals surface area contributed by atoms with Gasteiger partial charge < -0.3 is 10.5 Å². The van der Waals surface area contributed by atoms with Crippen LogP contribution in [-0.4, -0.2) is 18.8 Å². The monoisotopic (exact) mass is 199 g/mol. The van der Waals surface area contributed by atoms with Gasteiger partial charge in [0.1, 0.15) is 0 Å². The van der Waals surface area contributed by atoms with E-state index in [1.54, 1.807) is 7.11 Å². The average Bonchev–Trinajstić information content (AvgIpc) is 2.19. The first-order valence-electron chi connectivity index (χ1n) is 5.86. The highest BCUT2D eigenvalue weighted by Gasteiger charge is 2.27. The second kappa shape index (κ2) is 5.13. The van der Waals surface area contributed by atoms with E-state index in [9.17, 15) is 0 Å². The van der Waals surface area contributed by atoms with E-state index in [-0.39, 0.29) is 5.60 Å². The molecule has 0 aromatic carbocycles. The SMILES string of the molecule is COC(C)(C)CC(N)C1CCCCC1. The lowest BCUT2D eigenvalue weighted by Crippen LogP contribution is -2.39. The average molecular weight is 199 g/mol. The topological polar surface area (TPSA) is 35.2 Å². The molecule has 0 saturated heterocycles. The van der Waals surface area contributed by atoms with Crippen LogP contribution >= 0.6 is 0 Å². The molecule has 1 aliphatic carbocycles. The van der Waals surface area contributed by atoms with Crippen molar-refractivity contribution < 1.29 is 4.74 Å². The van der Waals surface area contributed by atoms with Crippen molar-refractivity contribution in [2.45, 2.75) is 64.0 Å². The summed E-state index contributed by atoms with van der Waals surface area (Å²) in [7, 11) is 1.77. The minimum Gasteiger partial charge on any atom is -0.379 e. The van der Waals surface area contributed by atoms with Crippen LogP contribution in [0.5, 0.6) is 0 Å². The van der Waals surface area contributed by atoms with Gasteiger partial charge in [-0.3, -0.25) is 0 Å². The highest BCUT2D eigenvalue weighted by molar-refractivity contribution is 4.82. The Labute approximate surface area is 88.2 Å². The van der Waals surface area contributed by atoms with Crippen LogP contribution in [0, 0.1) is 5.92 Å². The van der Waals surface area contributed by atoms with E-state index in [0.29, 0.717) is 6.04 Å². The molecule has 0 radical (unpaired) electrons. The van der Waals surface area contributed by atoms with Crippen molar-refractivity contribution >= 4 is 0 Å². The van der Waals surface area contributed by atoms with Crippen LogP contribution in [0.15, 0.2) is 0 Å². The van der Waals surface area contributed by atoms with E-state index in [1.165, 1.54) is 32.1 Å². The molecule has 0 spiro atoms. The van der Waals surface area contributed by atoms with E-state index in [4.69, 9.17) is 10.5 Å². The molecule has 2 N–H and O–H groups in total. The summed E-state index contributed by atoms with van der Waals surface area (Å²) < 4.78 is 5.42. The van der Waals surface area contributed by atoms with E-state index in [2.05, 4.69) is 13.8 Å². The Bertz CT molecular complexity index is 162. The molecule has 0 heterocycles. The maximum absolute atomic E-state index is 6.23. The minimum absolute atomic E-state index is 0.0587. The van der Waals surface area contributed by atoms with Gasteiger partial charge in [-0.05, 0) is 39.0 Å². The fraction of sp³-hybridized carbons (Fsp3) is 1.00. The fourth-order valence-corrected chi connectivity index (χ4v) is 2.38. The van der Waals surface area contributed by atoms with Gasteiger partial charge in [-0.2, -0.15) is 0 Å². The molecule has 1 saturated carbocycles. The van der Waals surface area contributed by atoms with Crippen LogP contribution in [-0.2, 0) is 4.74 Å². The molecule has 2 heteroatoms. The molecule has 84 valence electrons. The summed E-state index contributed by atoms with van der Waals surface area (Å²) >= 11 is 0. The van der Waals surface area contributed by atoms with Crippen LogP contribution in [0.1, 0.15) is 52.4 Å². The Morgan fingerprint density at radius 3 is 2.36 bits per heavy atom.